The Bertz CT molecular complexity index is 1290. The van der Waals surface area contributed by atoms with E-state index in [-0.39, 0.29) is 17.6 Å². The number of hydrogen-bond acceptors (Lipinski definition) is 5. The van der Waals surface area contributed by atoms with E-state index in [2.05, 4.69) is 25.2 Å². The number of nitrogens with zero attached hydrogens (tertiary/aromatic N) is 4. The van der Waals surface area contributed by atoms with Crippen LogP contribution in [0.3, 0.4) is 0 Å². The van der Waals surface area contributed by atoms with Crippen LogP contribution in [-0.2, 0) is 0 Å². The maximum Gasteiger partial charge on any atom is 0.326 e. The maximum absolute atomic E-state index is 12.4. The fourth-order valence-electron chi connectivity index (χ4n) is 4.32. The number of nitrogens with one attached hydrogen (secondary N) is 2. The van der Waals surface area contributed by atoms with Crippen molar-refractivity contribution in [1.29, 1.82) is 0 Å². The summed E-state index contributed by atoms with van der Waals surface area (Å²) in [6.07, 6.45) is 3.33. The molecule has 0 saturated carbocycles. The fraction of sp³-hybridized carbons (Fsp3) is 0.304. The first-order valence-corrected chi connectivity index (χ1v) is 10.6. The quantitative estimate of drug-likeness (QED) is 0.521. The Balaban J connectivity index is 1.14. The molecule has 3 heterocycles. The number of amides is 1. The second-order valence-electron chi connectivity index (χ2n) is 7.89. The highest BCUT2D eigenvalue weighted by Gasteiger charge is 2.23. The van der Waals surface area contributed by atoms with Gasteiger partial charge in [-0.1, -0.05) is 24.3 Å². The van der Waals surface area contributed by atoms with Crippen molar-refractivity contribution in [2.45, 2.75) is 18.9 Å². The number of carbonyl (C=O) groups excluding carboxylic acids is 1. The van der Waals surface area contributed by atoms with Gasteiger partial charge < -0.3 is 15.2 Å². The lowest BCUT2D eigenvalue weighted by atomic mass is 10.0. The molecule has 158 valence electrons. The Kier molecular flexibility index (Phi) is 5.21. The molecule has 1 fully saturated rings. The third kappa shape index (κ3) is 3.94. The van der Waals surface area contributed by atoms with E-state index in [9.17, 15) is 9.59 Å². The van der Waals surface area contributed by atoms with Crippen molar-refractivity contribution >= 4 is 28.0 Å². The predicted octanol–water partition coefficient (Wildman–Crippen LogP) is 2.34. The van der Waals surface area contributed by atoms with E-state index in [0.29, 0.717) is 17.8 Å². The summed E-state index contributed by atoms with van der Waals surface area (Å²) < 4.78 is 1.90. The van der Waals surface area contributed by atoms with Gasteiger partial charge >= 0.3 is 5.69 Å². The molecule has 0 atom stereocenters. The van der Waals surface area contributed by atoms with Gasteiger partial charge in [0.2, 0.25) is 0 Å². The van der Waals surface area contributed by atoms with E-state index in [1.54, 1.807) is 0 Å². The van der Waals surface area contributed by atoms with Crippen molar-refractivity contribution in [1.82, 2.24) is 29.7 Å². The van der Waals surface area contributed by atoms with Gasteiger partial charge in [-0.25, -0.2) is 9.78 Å². The Labute approximate surface area is 178 Å². The highest BCUT2D eigenvalue weighted by Crippen LogP contribution is 2.24. The van der Waals surface area contributed by atoms with Gasteiger partial charge in [-0.15, -0.1) is 0 Å². The molecule has 0 radical (unpaired) electrons. The zero-order valence-electron chi connectivity index (χ0n) is 17.1. The molecular formula is C23H24N6O2. The van der Waals surface area contributed by atoms with Crippen molar-refractivity contribution in [3.8, 4) is 0 Å². The van der Waals surface area contributed by atoms with Crippen molar-refractivity contribution < 1.29 is 4.79 Å². The molecule has 8 heteroatoms. The van der Waals surface area contributed by atoms with Gasteiger partial charge in [-0.05, 0) is 37.1 Å². The molecule has 0 unspecified atom stereocenters. The number of hydrogen-bond donors (Lipinski definition) is 2. The summed E-state index contributed by atoms with van der Waals surface area (Å²) in [5.41, 5.74) is 3.63. The number of carbonyl (C=O) groups is 1. The Hall–Kier alpha value is -3.52. The van der Waals surface area contributed by atoms with Gasteiger partial charge in [-0.2, -0.15) is 0 Å². The standard InChI is InChI=1S/C23H24N6O2/c30-22(20-15-25-17-5-1-2-6-18(17)26-20)24-11-14-28-12-9-16(10-13-28)29-21-8-4-3-7-19(21)27-23(29)31/h1-8,15-16H,9-14H2,(H,24,30)(H,27,31). The molecule has 2 N–H and O–H groups in total. The van der Waals surface area contributed by atoms with Crippen LogP contribution < -0.4 is 11.0 Å². The number of benzene rings is 2. The summed E-state index contributed by atoms with van der Waals surface area (Å²) in [5.74, 6) is -0.210. The van der Waals surface area contributed by atoms with Crippen LogP contribution in [0.1, 0.15) is 29.4 Å². The average Bonchev–Trinajstić information content (AvgIpc) is 3.15. The van der Waals surface area contributed by atoms with Crippen molar-refractivity contribution in [3.63, 3.8) is 0 Å². The third-order valence-corrected chi connectivity index (χ3v) is 5.94. The number of piperidine rings is 1. The highest BCUT2D eigenvalue weighted by molar-refractivity contribution is 5.93. The summed E-state index contributed by atoms with van der Waals surface area (Å²) in [7, 11) is 0. The van der Waals surface area contributed by atoms with E-state index < -0.39 is 0 Å². The number of aromatic amines is 1. The normalized spacial score (nSPS) is 15.5. The monoisotopic (exact) mass is 416 g/mol. The second-order valence-corrected chi connectivity index (χ2v) is 7.89. The second kappa shape index (κ2) is 8.31. The number of rotatable bonds is 5. The molecule has 8 nitrogen and oxygen atoms in total. The van der Waals surface area contributed by atoms with E-state index in [1.807, 2.05) is 53.1 Å². The molecule has 2 aromatic heterocycles. The number of aromatic nitrogens is 4. The molecule has 1 aliphatic heterocycles. The smallest absolute Gasteiger partial charge is 0.326 e. The predicted molar refractivity (Wildman–Crippen MR) is 119 cm³/mol. The number of likely N-dealkylation sites (tertiary alicyclic amines) is 1. The van der Waals surface area contributed by atoms with Crippen molar-refractivity contribution in [3.05, 3.63) is 70.9 Å². The van der Waals surface area contributed by atoms with Crippen LogP contribution in [0.2, 0.25) is 0 Å². The number of H-pyrrole nitrogens is 1. The minimum atomic E-state index is -0.210. The molecule has 4 aromatic rings. The Morgan fingerprint density at radius 1 is 1.06 bits per heavy atom. The minimum absolute atomic E-state index is 0.0385. The number of para-hydroxylation sites is 4. The molecule has 1 aliphatic rings. The molecule has 1 amide bonds. The van der Waals surface area contributed by atoms with Gasteiger partial charge in [0.15, 0.2) is 0 Å². The molecular weight excluding hydrogens is 392 g/mol. The van der Waals surface area contributed by atoms with Gasteiger partial charge in [0, 0.05) is 32.2 Å². The van der Waals surface area contributed by atoms with Gasteiger partial charge in [-0.3, -0.25) is 14.3 Å². The third-order valence-electron chi connectivity index (χ3n) is 5.94. The molecule has 0 spiro atoms. The molecule has 0 aliphatic carbocycles. The van der Waals surface area contributed by atoms with Crippen LogP contribution in [0, 0.1) is 0 Å². The first kappa shape index (κ1) is 19.4. The van der Waals surface area contributed by atoms with Gasteiger partial charge in [0.05, 0.1) is 28.3 Å². The Morgan fingerprint density at radius 3 is 2.65 bits per heavy atom. The van der Waals surface area contributed by atoms with Crippen LogP contribution >= 0.6 is 0 Å². The van der Waals surface area contributed by atoms with Crippen LogP contribution in [0.25, 0.3) is 22.1 Å². The summed E-state index contributed by atoms with van der Waals surface area (Å²) in [5, 5.41) is 2.94. The van der Waals surface area contributed by atoms with E-state index in [0.717, 1.165) is 49.0 Å². The van der Waals surface area contributed by atoms with Gasteiger partial charge in [0.1, 0.15) is 5.69 Å². The molecule has 5 rings (SSSR count). The summed E-state index contributed by atoms with van der Waals surface area (Å²) in [4.78, 5) is 38.8. The first-order chi connectivity index (χ1) is 15.2. The molecule has 1 saturated heterocycles. The minimum Gasteiger partial charge on any atom is -0.349 e. The maximum atomic E-state index is 12.4. The van der Waals surface area contributed by atoms with E-state index >= 15 is 0 Å². The largest absolute Gasteiger partial charge is 0.349 e. The zero-order valence-corrected chi connectivity index (χ0v) is 17.1. The lowest BCUT2D eigenvalue weighted by Gasteiger charge is -2.32. The van der Waals surface area contributed by atoms with Crippen LogP contribution in [-0.4, -0.2) is 56.5 Å². The molecule has 2 aromatic carbocycles. The van der Waals surface area contributed by atoms with Crippen molar-refractivity contribution in [2.75, 3.05) is 26.2 Å². The molecule has 0 bridgehead atoms. The van der Waals surface area contributed by atoms with Crippen molar-refractivity contribution in [2.24, 2.45) is 0 Å². The summed E-state index contributed by atoms with van der Waals surface area (Å²) >= 11 is 0. The summed E-state index contributed by atoms with van der Waals surface area (Å²) in [6.45, 7) is 3.10. The van der Waals surface area contributed by atoms with Crippen LogP contribution in [0.4, 0.5) is 0 Å². The number of fused-ring (bicyclic) bond motifs is 2. The first-order valence-electron chi connectivity index (χ1n) is 10.6. The SMILES string of the molecule is O=C(NCCN1CCC(n2c(=O)[nH]c3ccccc32)CC1)c1cnc2ccccc2n1. The fourth-order valence-corrected chi connectivity index (χ4v) is 4.32. The lowest BCUT2D eigenvalue weighted by Crippen LogP contribution is -2.41. The zero-order chi connectivity index (χ0) is 21.2. The molecule has 31 heavy (non-hydrogen) atoms. The van der Waals surface area contributed by atoms with Crippen LogP contribution in [0.5, 0.6) is 0 Å². The lowest BCUT2D eigenvalue weighted by molar-refractivity contribution is 0.0939. The summed E-state index contributed by atoms with van der Waals surface area (Å²) in [6, 6.07) is 15.5. The van der Waals surface area contributed by atoms with Gasteiger partial charge in [0.25, 0.3) is 5.91 Å². The van der Waals surface area contributed by atoms with Crippen LogP contribution in [0.15, 0.2) is 59.5 Å². The highest BCUT2D eigenvalue weighted by atomic mass is 16.2. The average molecular weight is 416 g/mol. The van der Waals surface area contributed by atoms with E-state index in [4.69, 9.17) is 0 Å². The Morgan fingerprint density at radius 2 is 1.81 bits per heavy atom. The van der Waals surface area contributed by atoms with E-state index in [1.165, 1.54) is 6.20 Å². The number of imidazole rings is 1. The topological polar surface area (TPSA) is 95.9 Å².